The Morgan fingerprint density at radius 3 is 1.80 bits per heavy atom. The summed E-state index contributed by atoms with van der Waals surface area (Å²) in [5, 5.41) is 11.2. The van der Waals surface area contributed by atoms with E-state index < -0.39 is 16.6 Å². The van der Waals surface area contributed by atoms with Gasteiger partial charge in [-0.05, 0) is 108 Å². The van der Waals surface area contributed by atoms with Crippen LogP contribution < -0.4 is 0 Å². The summed E-state index contributed by atoms with van der Waals surface area (Å²) < 4.78 is 6.55. The molecular weight excluding hydrogens is 372 g/mol. The van der Waals surface area contributed by atoms with Crippen molar-refractivity contribution in [1.29, 1.82) is 0 Å². The van der Waals surface area contributed by atoms with E-state index in [1.165, 1.54) is 6.42 Å². The minimum absolute atomic E-state index is 0.0244. The van der Waals surface area contributed by atoms with E-state index in [1.807, 2.05) is 13.8 Å². The summed E-state index contributed by atoms with van der Waals surface area (Å²) in [4.78, 5) is 13.8. The molecule has 3 nitrogen and oxygen atoms in total. The zero-order valence-electron chi connectivity index (χ0n) is 21.4. The van der Waals surface area contributed by atoms with Crippen LogP contribution in [0.2, 0.25) is 0 Å². The topological polar surface area (TPSA) is 46.5 Å². The molecule has 0 saturated heterocycles. The second-order valence-corrected chi connectivity index (χ2v) is 14.2. The maximum atomic E-state index is 13.8. The molecule has 1 N–H and O–H groups in total. The number of carbonyl (C=O) groups is 1. The highest BCUT2D eigenvalue weighted by Crippen LogP contribution is 2.71. The fourth-order valence-electron chi connectivity index (χ4n) is 7.65. The molecule has 0 aliphatic heterocycles. The van der Waals surface area contributed by atoms with Gasteiger partial charge >= 0.3 is 5.97 Å². The largest absolute Gasteiger partial charge is 0.459 e. The quantitative estimate of drug-likeness (QED) is 0.483. The van der Waals surface area contributed by atoms with Gasteiger partial charge in [0.1, 0.15) is 5.60 Å². The van der Waals surface area contributed by atoms with Crippen molar-refractivity contribution in [3.63, 3.8) is 0 Å². The maximum absolute atomic E-state index is 13.8. The van der Waals surface area contributed by atoms with Crippen molar-refractivity contribution >= 4 is 5.97 Å². The average molecular weight is 421 g/mol. The standard InChI is InChI=1S/C27H48O3/c1-18(2)12-25(10,22(3,4)5)21(28)30-24(8,9)27-15-19-11-20(16-27)14-26(13-19,17-27)23(6,7)29/h18-20,29H,11-17H2,1-10H3. The molecule has 4 rings (SSSR count). The lowest BCUT2D eigenvalue weighted by atomic mass is 9.38. The molecule has 0 aromatic rings. The van der Waals surface area contributed by atoms with Gasteiger partial charge in [0.2, 0.25) is 0 Å². The van der Waals surface area contributed by atoms with Gasteiger partial charge in [-0.3, -0.25) is 4.79 Å². The molecule has 4 aliphatic rings. The monoisotopic (exact) mass is 420 g/mol. The summed E-state index contributed by atoms with van der Waals surface area (Å²) in [6.07, 6.45) is 7.63. The van der Waals surface area contributed by atoms with Crippen LogP contribution in [0, 0.1) is 39.4 Å². The Bertz CT molecular complexity index is 661. The van der Waals surface area contributed by atoms with Crippen LogP contribution in [0.15, 0.2) is 0 Å². The van der Waals surface area contributed by atoms with E-state index in [-0.39, 0.29) is 22.2 Å². The third-order valence-electron chi connectivity index (χ3n) is 9.91. The van der Waals surface area contributed by atoms with Crippen LogP contribution in [0.25, 0.3) is 0 Å². The number of carbonyl (C=O) groups excluding carboxylic acids is 1. The number of esters is 1. The number of hydrogen-bond donors (Lipinski definition) is 1. The molecule has 3 atom stereocenters. The van der Waals surface area contributed by atoms with Crippen molar-refractivity contribution < 1.29 is 14.6 Å². The maximum Gasteiger partial charge on any atom is 0.312 e. The summed E-state index contributed by atoms with van der Waals surface area (Å²) in [6, 6.07) is 0. The predicted molar refractivity (Wildman–Crippen MR) is 123 cm³/mol. The van der Waals surface area contributed by atoms with E-state index in [0.717, 1.165) is 38.5 Å². The van der Waals surface area contributed by atoms with E-state index in [9.17, 15) is 9.90 Å². The highest BCUT2D eigenvalue weighted by Gasteiger charge is 2.67. The third kappa shape index (κ3) is 3.65. The van der Waals surface area contributed by atoms with Crippen molar-refractivity contribution in [1.82, 2.24) is 0 Å². The third-order valence-corrected chi connectivity index (χ3v) is 9.91. The van der Waals surface area contributed by atoms with E-state index in [1.54, 1.807) is 0 Å². The van der Waals surface area contributed by atoms with Crippen LogP contribution >= 0.6 is 0 Å². The van der Waals surface area contributed by atoms with E-state index in [0.29, 0.717) is 17.8 Å². The Morgan fingerprint density at radius 1 is 0.933 bits per heavy atom. The van der Waals surface area contributed by atoms with E-state index in [4.69, 9.17) is 4.74 Å². The summed E-state index contributed by atoms with van der Waals surface area (Å²) in [7, 11) is 0. The Balaban J connectivity index is 1.92. The van der Waals surface area contributed by atoms with Crippen molar-refractivity contribution in [2.45, 2.75) is 125 Å². The fraction of sp³-hybridized carbons (Fsp3) is 0.963. The number of hydrogen-bond acceptors (Lipinski definition) is 3. The molecule has 0 aromatic carbocycles. The van der Waals surface area contributed by atoms with Gasteiger partial charge in [-0.15, -0.1) is 0 Å². The number of rotatable bonds is 6. The summed E-state index contributed by atoms with van der Waals surface area (Å²) in [5.74, 6) is 1.70. The normalized spacial score (nSPS) is 36.1. The molecule has 0 amide bonds. The molecule has 4 saturated carbocycles. The van der Waals surface area contributed by atoms with Crippen LogP contribution in [-0.2, 0) is 9.53 Å². The molecule has 174 valence electrons. The highest BCUT2D eigenvalue weighted by atomic mass is 16.6. The van der Waals surface area contributed by atoms with Gasteiger partial charge in [0.25, 0.3) is 0 Å². The lowest BCUT2D eigenvalue weighted by molar-refractivity contribution is -0.249. The van der Waals surface area contributed by atoms with Crippen LogP contribution in [-0.4, -0.2) is 22.3 Å². The first-order chi connectivity index (χ1) is 13.4. The van der Waals surface area contributed by atoms with Crippen LogP contribution in [0.4, 0.5) is 0 Å². The van der Waals surface area contributed by atoms with Gasteiger partial charge in [0.15, 0.2) is 0 Å². The zero-order valence-corrected chi connectivity index (χ0v) is 21.4. The zero-order chi connectivity index (χ0) is 23.0. The van der Waals surface area contributed by atoms with Crippen molar-refractivity contribution in [2.24, 2.45) is 39.4 Å². The Kier molecular flexibility index (Phi) is 5.59. The summed E-state index contributed by atoms with van der Waals surface area (Å²) in [5.41, 5.74) is -1.96. The Hall–Kier alpha value is -0.570. The first-order valence-corrected chi connectivity index (χ1v) is 12.3. The molecule has 30 heavy (non-hydrogen) atoms. The van der Waals surface area contributed by atoms with E-state index >= 15 is 0 Å². The molecule has 3 heteroatoms. The average Bonchev–Trinajstić information content (AvgIpc) is 2.50. The first kappa shape index (κ1) is 24.1. The highest BCUT2D eigenvalue weighted by molar-refractivity contribution is 5.78. The lowest BCUT2D eigenvalue weighted by Crippen LogP contribution is -2.65. The molecule has 0 heterocycles. The first-order valence-electron chi connectivity index (χ1n) is 12.3. The minimum atomic E-state index is -0.687. The van der Waals surface area contributed by atoms with Gasteiger partial charge in [-0.1, -0.05) is 34.6 Å². The summed E-state index contributed by atoms with van der Waals surface area (Å²) in [6.45, 7) is 21.3. The Morgan fingerprint density at radius 2 is 1.40 bits per heavy atom. The Labute approximate surface area is 185 Å². The minimum Gasteiger partial charge on any atom is -0.459 e. The molecule has 0 aromatic heterocycles. The van der Waals surface area contributed by atoms with Gasteiger partial charge in [-0.25, -0.2) is 0 Å². The molecule has 0 radical (unpaired) electrons. The van der Waals surface area contributed by atoms with Gasteiger partial charge in [-0.2, -0.15) is 0 Å². The van der Waals surface area contributed by atoms with Gasteiger partial charge < -0.3 is 9.84 Å². The predicted octanol–water partition coefficient (Wildman–Crippen LogP) is 6.76. The number of ether oxygens (including phenoxy) is 1. The smallest absolute Gasteiger partial charge is 0.312 e. The van der Waals surface area contributed by atoms with Gasteiger partial charge in [0.05, 0.1) is 11.0 Å². The van der Waals surface area contributed by atoms with Crippen LogP contribution in [0.3, 0.4) is 0 Å². The second-order valence-electron chi connectivity index (χ2n) is 14.2. The second kappa shape index (κ2) is 6.96. The molecule has 4 fully saturated rings. The van der Waals surface area contributed by atoms with Crippen molar-refractivity contribution in [3.05, 3.63) is 0 Å². The molecule has 0 spiro atoms. The van der Waals surface area contributed by atoms with Crippen molar-refractivity contribution in [3.8, 4) is 0 Å². The fourth-order valence-corrected chi connectivity index (χ4v) is 7.65. The lowest BCUT2D eigenvalue weighted by Gasteiger charge is -2.68. The molecule has 4 aliphatic carbocycles. The number of aliphatic hydroxyl groups is 1. The molecule has 4 bridgehead atoms. The van der Waals surface area contributed by atoms with Crippen LogP contribution in [0.5, 0.6) is 0 Å². The molecule has 3 unspecified atom stereocenters. The van der Waals surface area contributed by atoms with Gasteiger partial charge in [0, 0.05) is 5.41 Å². The van der Waals surface area contributed by atoms with Crippen LogP contribution in [0.1, 0.15) is 114 Å². The van der Waals surface area contributed by atoms with E-state index in [2.05, 4.69) is 55.4 Å². The summed E-state index contributed by atoms with van der Waals surface area (Å²) >= 11 is 0. The van der Waals surface area contributed by atoms with Crippen molar-refractivity contribution in [2.75, 3.05) is 0 Å². The molecular formula is C27H48O3. The SMILES string of the molecule is CC(C)CC(C)(C(=O)OC(C)(C)C12CC3CC(CC(C(C)(C)O)(C3)C1)C2)C(C)(C)C.